The maximum absolute atomic E-state index is 11.5. The molecule has 0 radical (unpaired) electrons. The highest BCUT2D eigenvalue weighted by molar-refractivity contribution is 7.86. The fourth-order valence-corrected chi connectivity index (χ4v) is 2.78. The lowest BCUT2D eigenvalue weighted by Gasteiger charge is -2.05. The van der Waals surface area contributed by atoms with Crippen molar-refractivity contribution in [2.45, 2.75) is 0 Å². The molecule has 0 aliphatic rings. The van der Waals surface area contributed by atoms with E-state index in [-0.39, 0.29) is 0 Å². The van der Waals surface area contributed by atoms with Crippen LogP contribution in [-0.2, 0) is 10.1 Å². The molecule has 1 heterocycles. The smallest absolute Gasteiger partial charge is 0.306 e. The Morgan fingerprint density at radius 3 is 2.38 bits per heavy atom. The van der Waals surface area contributed by atoms with Crippen molar-refractivity contribution in [3.05, 3.63) is 53.6 Å². The van der Waals surface area contributed by atoms with E-state index < -0.39 is 10.1 Å². The highest BCUT2D eigenvalue weighted by Crippen LogP contribution is 2.37. The lowest BCUT2D eigenvalue weighted by molar-refractivity contribution is 0.496. The Kier molecular flexibility index (Phi) is 3.39. The van der Waals surface area contributed by atoms with E-state index in [1.54, 1.807) is 12.1 Å². The molecule has 21 heavy (non-hydrogen) atoms. The minimum Gasteiger partial charge on any atom is -0.380 e. The molecule has 0 fully saturated rings. The number of hydrogen-bond donors (Lipinski definition) is 1. The molecule has 0 atom stereocenters. The molecular weight excluding hydrogens is 310 g/mol. The topological polar surface area (TPSA) is 59.2 Å². The van der Waals surface area contributed by atoms with Crippen LogP contribution in [0.25, 0.3) is 22.2 Å². The number of nitrogens with one attached hydrogen (secondary N) is 1. The van der Waals surface area contributed by atoms with Gasteiger partial charge in [0, 0.05) is 21.5 Å². The zero-order valence-electron chi connectivity index (χ0n) is 11.1. The van der Waals surface area contributed by atoms with Gasteiger partial charge in [-0.3, -0.25) is 0 Å². The fraction of sp³-hybridized carbons (Fsp3) is 0.0667. The summed E-state index contributed by atoms with van der Waals surface area (Å²) < 4.78 is 28.2. The summed E-state index contributed by atoms with van der Waals surface area (Å²) in [6.07, 6.45) is 1.03. The van der Waals surface area contributed by atoms with Crippen molar-refractivity contribution in [1.82, 2.24) is 4.98 Å². The van der Waals surface area contributed by atoms with Crippen molar-refractivity contribution in [3.8, 4) is 17.0 Å². The molecule has 0 saturated carbocycles. The molecule has 1 N–H and O–H groups in total. The van der Waals surface area contributed by atoms with E-state index in [1.165, 1.54) is 0 Å². The maximum Gasteiger partial charge on any atom is 0.306 e. The Morgan fingerprint density at radius 2 is 1.71 bits per heavy atom. The summed E-state index contributed by atoms with van der Waals surface area (Å²) in [5.74, 6) is 0.301. The predicted octanol–water partition coefficient (Wildman–Crippen LogP) is 3.83. The van der Waals surface area contributed by atoms with Crippen molar-refractivity contribution in [1.29, 1.82) is 0 Å². The van der Waals surface area contributed by atoms with Gasteiger partial charge in [-0.1, -0.05) is 35.9 Å². The first-order valence-electron chi connectivity index (χ1n) is 6.20. The van der Waals surface area contributed by atoms with Crippen LogP contribution >= 0.6 is 11.6 Å². The van der Waals surface area contributed by atoms with Crippen molar-refractivity contribution in [3.63, 3.8) is 0 Å². The van der Waals surface area contributed by atoms with Gasteiger partial charge in [-0.05, 0) is 24.3 Å². The predicted molar refractivity (Wildman–Crippen MR) is 84.2 cm³/mol. The second-order valence-electron chi connectivity index (χ2n) is 4.67. The number of hydrogen-bond acceptors (Lipinski definition) is 3. The molecule has 2 aromatic carbocycles. The first-order valence-corrected chi connectivity index (χ1v) is 8.39. The van der Waals surface area contributed by atoms with Crippen LogP contribution in [-0.4, -0.2) is 19.7 Å². The lowest BCUT2D eigenvalue weighted by atomic mass is 10.1. The van der Waals surface area contributed by atoms with Crippen LogP contribution in [0.3, 0.4) is 0 Å². The van der Waals surface area contributed by atoms with Crippen LogP contribution in [0.5, 0.6) is 5.75 Å². The molecule has 1 aromatic heterocycles. The molecule has 3 rings (SSSR count). The van der Waals surface area contributed by atoms with E-state index in [9.17, 15) is 8.42 Å². The largest absolute Gasteiger partial charge is 0.380 e. The summed E-state index contributed by atoms with van der Waals surface area (Å²) in [7, 11) is -3.62. The van der Waals surface area contributed by atoms with Crippen molar-refractivity contribution in [2.75, 3.05) is 6.26 Å². The number of benzene rings is 2. The Morgan fingerprint density at radius 1 is 1.05 bits per heavy atom. The summed E-state index contributed by atoms with van der Waals surface area (Å²) in [5, 5.41) is 1.33. The van der Waals surface area contributed by atoms with Crippen LogP contribution in [0, 0.1) is 0 Å². The normalized spacial score (nSPS) is 11.7. The first kappa shape index (κ1) is 14.0. The van der Waals surface area contributed by atoms with Gasteiger partial charge in [0.15, 0.2) is 5.75 Å². The molecule has 3 aromatic rings. The minimum atomic E-state index is -3.62. The fourth-order valence-electron chi connectivity index (χ4n) is 2.17. The number of H-pyrrole nitrogens is 1. The number of rotatable bonds is 3. The van der Waals surface area contributed by atoms with Crippen LogP contribution in [0.1, 0.15) is 0 Å². The van der Waals surface area contributed by atoms with E-state index in [0.717, 1.165) is 17.3 Å². The molecule has 0 aliphatic carbocycles. The average Bonchev–Trinajstić information content (AvgIpc) is 2.77. The zero-order chi connectivity index (χ0) is 15.0. The third kappa shape index (κ3) is 2.89. The molecule has 108 valence electrons. The molecule has 0 spiro atoms. The van der Waals surface area contributed by atoms with Gasteiger partial charge in [0.2, 0.25) is 0 Å². The van der Waals surface area contributed by atoms with Crippen molar-refractivity contribution >= 4 is 32.6 Å². The molecule has 0 saturated heterocycles. The average molecular weight is 322 g/mol. The van der Waals surface area contributed by atoms with E-state index in [2.05, 4.69) is 4.98 Å². The molecule has 0 unspecified atom stereocenters. The Labute approximate surface area is 127 Å². The second-order valence-corrected chi connectivity index (χ2v) is 6.68. The number of fused-ring (bicyclic) bond motifs is 1. The monoisotopic (exact) mass is 321 g/mol. The molecule has 0 amide bonds. The van der Waals surface area contributed by atoms with Crippen LogP contribution in [0.15, 0.2) is 48.5 Å². The van der Waals surface area contributed by atoms with Gasteiger partial charge in [0.05, 0.1) is 11.9 Å². The highest BCUT2D eigenvalue weighted by Gasteiger charge is 2.18. The van der Waals surface area contributed by atoms with Crippen LogP contribution in [0.2, 0.25) is 5.02 Å². The van der Waals surface area contributed by atoms with Gasteiger partial charge >= 0.3 is 10.1 Å². The van der Waals surface area contributed by atoms with Crippen molar-refractivity contribution < 1.29 is 12.6 Å². The highest BCUT2D eigenvalue weighted by atomic mass is 35.5. The molecule has 0 bridgehead atoms. The van der Waals surface area contributed by atoms with E-state index >= 15 is 0 Å². The second kappa shape index (κ2) is 5.09. The van der Waals surface area contributed by atoms with Crippen LogP contribution < -0.4 is 4.18 Å². The number of halogens is 1. The maximum atomic E-state index is 11.5. The third-order valence-electron chi connectivity index (χ3n) is 3.03. The molecule has 0 aliphatic heterocycles. The first-order chi connectivity index (χ1) is 9.94. The summed E-state index contributed by atoms with van der Waals surface area (Å²) in [4.78, 5) is 3.19. The van der Waals surface area contributed by atoms with Gasteiger partial charge in [0.25, 0.3) is 0 Å². The SMILES string of the molecule is CS(=O)(=O)Oc1c(-c2ccc(Cl)cc2)[nH]c2ccccc12. The standard InChI is InChI=1S/C15H12ClNO3S/c1-21(18,19)20-15-12-4-2-3-5-13(12)17-14(15)10-6-8-11(16)9-7-10/h2-9,17H,1H3. The van der Waals surface area contributed by atoms with E-state index in [1.807, 2.05) is 36.4 Å². The van der Waals surface area contributed by atoms with Gasteiger partial charge in [-0.25, -0.2) is 0 Å². The Balaban J connectivity index is 2.25. The summed E-state index contributed by atoms with van der Waals surface area (Å²) in [6, 6.07) is 14.5. The van der Waals surface area contributed by atoms with Crippen molar-refractivity contribution in [2.24, 2.45) is 0 Å². The number of para-hydroxylation sites is 1. The number of aromatic amines is 1. The van der Waals surface area contributed by atoms with Gasteiger partial charge in [-0.15, -0.1) is 0 Å². The Hall–Kier alpha value is -1.98. The lowest BCUT2D eigenvalue weighted by Crippen LogP contribution is -2.06. The summed E-state index contributed by atoms with van der Waals surface area (Å²) in [6.45, 7) is 0. The number of aromatic nitrogens is 1. The quantitative estimate of drug-likeness (QED) is 0.746. The molecule has 6 heteroatoms. The summed E-state index contributed by atoms with van der Waals surface area (Å²) >= 11 is 5.89. The molecular formula is C15H12ClNO3S. The van der Waals surface area contributed by atoms with Gasteiger partial charge in [-0.2, -0.15) is 8.42 Å². The Bertz CT molecular complexity index is 898. The minimum absolute atomic E-state index is 0.301. The summed E-state index contributed by atoms with van der Waals surface area (Å²) in [5.41, 5.74) is 2.22. The molecule has 4 nitrogen and oxygen atoms in total. The van der Waals surface area contributed by atoms with Gasteiger partial charge < -0.3 is 9.17 Å². The van der Waals surface area contributed by atoms with E-state index in [0.29, 0.717) is 21.9 Å². The third-order valence-corrected chi connectivity index (χ3v) is 3.75. The van der Waals surface area contributed by atoms with Crippen LogP contribution in [0.4, 0.5) is 0 Å². The zero-order valence-corrected chi connectivity index (χ0v) is 12.7. The van der Waals surface area contributed by atoms with E-state index in [4.69, 9.17) is 15.8 Å². The van der Waals surface area contributed by atoms with Gasteiger partial charge in [0.1, 0.15) is 0 Å².